The Morgan fingerprint density at radius 1 is 1.08 bits per heavy atom. The number of carbonyl (C=O) groups is 1. The first-order valence-corrected chi connectivity index (χ1v) is 9.02. The van der Waals surface area contributed by atoms with E-state index in [4.69, 9.17) is 9.47 Å². The Bertz CT molecular complexity index is 646. The van der Waals surface area contributed by atoms with Gasteiger partial charge in [-0.05, 0) is 36.3 Å². The van der Waals surface area contributed by atoms with E-state index >= 15 is 0 Å². The molecular formula is C19H23NO3S. The number of thioether (sulfide) groups is 1. The van der Waals surface area contributed by atoms with Crippen LogP contribution in [-0.4, -0.2) is 31.6 Å². The molecule has 0 aliphatic carbocycles. The number of anilines is 1. The van der Waals surface area contributed by atoms with E-state index in [0.717, 1.165) is 18.6 Å². The highest BCUT2D eigenvalue weighted by atomic mass is 32.2. The molecule has 0 fully saturated rings. The highest BCUT2D eigenvalue weighted by molar-refractivity contribution is 7.99. The van der Waals surface area contributed by atoms with Crippen LogP contribution in [0.15, 0.2) is 48.5 Å². The normalized spacial score (nSPS) is 10.2. The van der Waals surface area contributed by atoms with Gasteiger partial charge in [-0.25, -0.2) is 0 Å². The Morgan fingerprint density at radius 3 is 2.58 bits per heavy atom. The van der Waals surface area contributed by atoms with Gasteiger partial charge in [0, 0.05) is 6.07 Å². The number of methoxy groups -OCH3 is 2. The van der Waals surface area contributed by atoms with Crippen LogP contribution in [0.4, 0.5) is 5.69 Å². The van der Waals surface area contributed by atoms with Crippen LogP contribution >= 0.6 is 11.8 Å². The SMILES string of the molecule is COc1ccc(OC)c(NC(=O)CSCCCc2ccccc2)c1. The van der Waals surface area contributed by atoms with E-state index in [-0.39, 0.29) is 5.91 Å². The Labute approximate surface area is 147 Å². The standard InChI is InChI=1S/C19H23NO3S/c1-22-16-10-11-18(23-2)17(13-16)20-19(21)14-24-12-6-9-15-7-4-3-5-8-15/h3-5,7-8,10-11,13H,6,9,12,14H2,1-2H3,(H,20,21). The summed E-state index contributed by atoms with van der Waals surface area (Å²) in [6, 6.07) is 15.7. The van der Waals surface area contributed by atoms with Crippen molar-refractivity contribution in [3.63, 3.8) is 0 Å². The summed E-state index contributed by atoms with van der Waals surface area (Å²) in [7, 11) is 3.17. The average Bonchev–Trinajstić information content (AvgIpc) is 2.62. The van der Waals surface area contributed by atoms with E-state index in [1.165, 1.54) is 5.56 Å². The zero-order valence-electron chi connectivity index (χ0n) is 14.1. The third-order valence-corrected chi connectivity index (χ3v) is 4.55. The minimum atomic E-state index is -0.0359. The molecule has 0 saturated carbocycles. The van der Waals surface area contributed by atoms with Crippen LogP contribution in [0, 0.1) is 0 Å². The lowest BCUT2D eigenvalue weighted by atomic mass is 10.1. The summed E-state index contributed by atoms with van der Waals surface area (Å²) < 4.78 is 10.4. The average molecular weight is 345 g/mol. The smallest absolute Gasteiger partial charge is 0.234 e. The Balaban J connectivity index is 1.73. The van der Waals surface area contributed by atoms with Gasteiger partial charge in [0.25, 0.3) is 0 Å². The number of amides is 1. The van der Waals surface area contributed by atoms with Crippen molar-refractivity contribution in [2.75, 3.05) is 31.0 Å². The van der Waals surface area contributed by atoms with Crippen molar-refractivity contribution in [1.82, 2.24) is 0 Å². The largest absolute Gasteiger partial charge is 0.497 e. The Kier molecular flexibility index (Phi) is 7.49. The summed E-state index contributed by atoms with van der Waals surface area (Å²) in [4.78, 5) is 12.1. The van der Waals surface area contributed by atoms with Gasteiger partial charge in [0.2, 0.25) is 5.91 Å². The summed E-state index contributed by atoms with van der Waals surface area (Å²) in [5, 5.41) is 2.88. The molecule has 24 heavy (non-hydrogen) atoms. The maximum Gasteiger partial charge on any atom is 0.234 e. The molecule has 0 saturated heterocycles. The molecule has 5 heteroatoms. The van der Waals surface area contributed by atoms with Gasteiger partial charge < -0.3 is 14.8 Å². The highest BCUT2D eigenvalue weighted by Gasteiger charge is 2.09. The number of hydrogen-bond donors (Lipinski definition) is 1. The van der Waals surface area contributed by atoms with Crippen LogP contribution < -0.4 is 14.8 Å². The van der Waals surface area contributed by atoms with Crippen molar-refractivity contribution in [3.05, 3.63) is 54.1 Å². The lowest BCUT2D eigenvalue weighted by molar-refractivity contribution is -0.113. The zero-order chi connectivity index (χ0) is 17.2. The van der Waals surface area contributed by atoms with Gasteiger partial charge in [0.05, 0.1) is 25.7 Å². The van der Waals surface area contributed by atoms with Gasteiger partial charge in [0.15, 0.2) is 0 Å². The van der Waals surface area contributed by atoms with E-state index < -0.39 is 0 Å². The Hall–Kier alpha value is -2.14. The predicted molar refractivity (Wildman–Crippen MR) is 100 cm³/mol. The second kappa shape index (κ2) is 9.88. The van der Waals surface area contributed by atoms with Gasteiger partial charge in [0.1, 0.15) is 11.5 Å². The topological polar surface area (TPSA) is 47.6 Å². The minimum Gasteiger partial charge on any atom is -0.497 e. The first kappa shape index (κ1) is 18.2. The number of ether oxygens (including phenoxy) is 2. The van der Waals surface area contributed by atoms with Crippen molar-refractivity contribution in [2.45, 2.75) is 12.8 Å². The number of nitrogens with one attached hydrogen (secondary N) is 1. The molecule has 0 heterocycles. The van der Waals surface area contributed by atoms with Gasteiger partial charge in [-0.1, -0.05) is 30.3 Å². The fourth-order valence-electron chi connectivity index (χ4n) is 2.29. The second-order valence-corrected chi connectivity index (χ2v) is 6.36. The Morgan fingerprint density at radius 2 is 1.88 bits per heavy atom. The van der Waals surface area contributed by atoms with Crippen LogP contribution in [0.2, 0.25) is 0 Å². The molecule has 0 aliphatic heterocycles. The maximum absolute atomic E-state index is 12.1. The molecule has 0 bridgehead atoms. The van der Waals surface area contributed by atoms with E-state index in [1.54, 1.807) is 44.2 Å². The van der Waals surface area contributed by atoms with Crippen molar-refractivity contribution in [1.29, 1.82) is 0 Å². The number of rotatable bonds is 9. The van der Waals surface area contributed by atoms with Crippen LogP contribution in [0.5, 0.6) is 11.5 Å². The van der Waals surface area contributed by atoms with Crippen molar-refractivity contribution < 1.29 is 14.3 Å². The van der Waals surface area contributed by atoms with Gasteiger partial charge >= 0.3 is 0 Å². The molecule has 0 aromatic heterocycles. The predicted octanol–water partition coefficient (Wildman–Crippen LogP) is 4.01. The van der Waals surface area contributed by atoms with Crippen molar-refractivity contribution in [2.24, 2.45) is 0 Å². The number of carbonyl (C=O) groups excluding carboxylic acids is 1. The monoisotopic (exact) mass is 345 g/mol. The third kappa shape index (κ3) is 5.81. The lowest BCUT2D eigenvalue weighted by Gasteiger charge is -2.11. The summed E-state index contributed by atoms with van der Waals surface area (Å²) in [5.74, 6) is 2.65. The quantitative estimate of drug-likeness (QED) is 0.698. The molecule has 4 nitrogen and oxygen atoms in total. The van der Waals surface area contributed by atoms with Crippen LogP contribution in [0.3, 0.4) is 0 Å². The molecular weight excluding hydrogens is 322 g/mol. The third-order valence-electron chi connectivity index (χ3n) is 3.51. The lowest BCUT2D eigenvalue weighted by Crippen LogP contribution is -2.15. The second-order valence-electron chi connectivity index (χ2n) is 5.26. The van der Waals surface area contributed by atoms with Crippen molar-refractivity contribution >= 4 is 23.4 Å². The van der Waals surface area contributed by atoms with E-state index in [2.05, 4.69) is 29.6 Å². The van der Waals surface area contributed by atoms with Gasteiger partial charge in [-0.3, -0.25) is 4.79 Å². The molecule has 2 aromatic rings. The van der Waals surface area contributed by atoms with Crippen LogP contribution in [0.1, 0.15) is 12.0 Å². The summed E-state index contributed by atoms with van der Waals surface area (Å²) in [5.41, 5.74) is 1.97. The molecule has 0 atom stereocenters. The van der Waals surface area contributed by atoms with Crippen LogP contribution in [0.25, 0.3) is 0 Å². The number of aryl methyl sites for hydroxylation is 1. The number of hydrogen-bond acceptors (Lipinski definition) is 4. The highest BCUT2D eigenvalue weighted by Crippen LogP contribution is 2.29. The molecule has 2 rings (SSSR count). The van der Waals surface area contributed by atoms with Gasteiger partial charge in [-0.15, -0.1) is 0 Å². The summed E-state index contributed by atoms with van der Waals surface area (Å²) in [6.45, 7) is 0. The molecule has 1 N–H and O–H groups in total. The zero-order valence-corrected chi connectivity index (χ0v) is 14.9. The van der Waals surface area contributed by atoms with Crippen molar-refractivity contribution in [3.8, 4) is 11.5 Å². The molecule has 1 amide bonds. The van der Waals surface area contributed by atoms with E-state index in [0.29, 0.717) is 22.9 Å². The molecule has 2 aromatic carbocycles. The first-order chi connectivity index (χ1) is 11.7. The summed E-state index contributed by atoms with van der Waals surface area (Å²) in [6.07, 6.45) is 2.10. The number of benzene rings is 2. The van der Waals surface area contributed by atoms with E-state index in [1.807, 2.05) is 6.07 Å². The fraction of sp³-hybridized carbons (Fsp3) is 0.316. The molecule has 0 aliphatic rings. The molecule has 0 radical (unpaired) electrons. The fourth-order valence-corrected chi connectivity index (χ4v) is 3.04. The maximum atomic E-state index is 12.1. The van der Waals surface area contributed by atoms with E-state index in [9.17, 15) is 4.79 Å². The van der Waals surface area contributed by atoms with Crippen LogP contribution in [-0.2, 0) is 11.2 Å². The summed E-state index contributed by atoms with van der Waals surface area (Å²) >= 11 is 1.64. The molecule has 0 unspecified atom stereocenters. The minimum absolute atomic E-state index is 0.0359. The van der Waals surface area contributed by atoms with Gasteiger partial charge in [-0.2, -0.15) is 11.8 Å². The molecule has 0 spiro atoms. The molecule has 128 valence electrons. The first-order valence-electron chi connectivity index (χ1n) is 7.86.